The zero-order valence-electron chi connectivity index (χ0n) is 11.3. The van der Waals surface area contributed by atoms with Crippen LogP contribution in [0, 0.1) is 0 Å². The summed E-state index contributed by atoms with van der Waals surface area (Å²) in [4.78, 5) is 14.3. The SMILES string of the molecule is O=C(Oc1cccc(N2CCCC2)c1)c1ccccc1. The standard InChI is InChI=1S/C17H17NO2/c19-17(14-7-2-1-3-8-14)20-16-10-6-9-15(13-16)18-11-4-5-12-18/h1-3,6-10,13H,4-5,11-12H2. The number of nitrogens with zero attached hydrogens (tertiary/aromatic N) is 1. The van der Waals surface area contributed by atoms with Crippen LogP contribution in [0.25, 0.3) is 0 Å². The fourth-order valence-corrected chi connectivity index (χ4v) is 2.46. The lowest BCUT2D eigenvalue weighted by molar-refractivity contribution is 0.0735. The number of ether oxygens (including phenoxy) is 1. The summed E-state index contributed by atoms with van der Waals surface area (Å²) in [5.74, 6) is 0.285. The van der Waals surface area contributed by atoms with E-state index in [4.69, 9.17) is 4.74 Å². The Morgan fingerprint density at radius 2 is 1.70 bits per heavy atom. The van der Waals surface area contributed by atoms with Crippen molar-refractivity contribution < 1.29 is 9.53 Å². The predicted octanol–water partition coefficient (Wildman–Crippen LogP) is 3.51. The summed E-state index contributed by atoms with van der Waals surface area (Å²) in [7, 11) is 0. The molecule has 2 aromatic rings. The molecule has 0 atom stereocenters. The molecule has 1 saturated heterocycles. The minimum absolute atomic E-state index is 0.316. The van der Waals surface area contributed by atoms with Crippen LogP contribution in [0.5, 0.6) is 5.75 Å². The summed E-state index contributed by atoms with van der Waals surface area (Å²) in [5.41, 5.74) is 1.69. The largest absolute Gasteiger partial charge is 0.423 e. The Balaban J connectivity index is 1.74. The molecule has 1 fully saturated rings. The minimum Gasteiger partial charge on any atom is -0.423 e. The van der Waals surface area contributed by atoms with E-state index in [1.807, 2.05) is 36.4 Å². The van der Waals surface area contributed by atoms with Gasteiger partial charge in [-0.25, -0.2) is 4.79 Å². The molecule has 0 saturated carbocycles. The summed E-state index contributed by atoms with van der Waals surface area (Å²) < 4.78 is 5.44. The first-order valence-corrected chi connectivity index (χ1v) is 6.95. The van der Waals surface area contributed by atoms with Crippen molar-refractivity contribution in [3.8, 4) is 5.75 Å². The van der Waals surface area contributed by atoms with Gasteiger partial charge in [-0.05, 0) is 37.1 Å². The third-order valence-corrected chi connectivity index (χ3v) is 3.51. The molecule has 1 aliphatic heterocycles. The molecule has 0 aliphatic carbocycles. The van der Waals surface area contributed by atoms with Gasteiger partial charge in [0.15, 0.2) is 0 Å². The van der Waals surface area contributed by atoms with E-state index in [9.17, 15) is 4.79 Å². The van der Waals surface area contributed by atoms with E-state index < -0.39 is 0 Å². The molecule has 1 aliphatic rings. The lowest BCUT2D eigenvalue weighted by Crippen LogP contribution is -2.17. The van der Waals surface area contributed by atoms with E-state index >= 15 is 0 Å². The smallest absolute Gasteiger partial charge is 0.343 e. The molecule has 0 radical (unpaired) electrons. The van der Waals surface area contributed by atoms with Crippen LogP contribution in [0.4, 0.5) is 5.69 Å². The Morgan fingerprint density at radius 3 is 2.45 bits per heavy atom. The van der Waals surface area contributed by atoms with Gasteiger partial charge in [-0.3, -0.25) is 0 Å². The summed E-state index contributed by atoms with van der Waals surface area (Å²) in [5, 5.41) is 0. The Hall–Kier alpha value is -2.29. The highest BCUT2D eigenvalue weighted by Crippen LogP contribution is 2.25. The van der Waals surface area contributed by atoms with Crippen LogP contribution < -0.4 is 9.64 Å². The zero-order valence-corrected chi connectivity index (χ0v) is 11.3. The van der Waals surface area contributed by atoms with Gasteiger partial charge in [-0.2, -0.15) is 0 Å². The van der Waals surface area contributed by atoms with Crippen molar-refractivity contribution in [2.45, 2.75) is 12.8 Å². The maximum atomic E-state index is 12.0. The molecule has 1 heterocycles. The van der Waals surface area contributed by atoms with E-state index in [1.54, 1.807) is 12.1 Å². The Morgan fingerprint density at radius 1 is 0.950 bits per heavy atom. The average molecular weight is 267 g/mol. The van der Waals surface area contributed by atoms with Crippen molar-refractivity contribution >= 4 is 11.7 Å². The second kappa shape index (κ2) is 5.78. The van der Waals surface area contributed by atoms with Gasteiger partial charge in [0.1, 0.15) is 5.75 Å². The first kappa shape index (κ1) is 12.7. The van der Waals surface area contributed by atoms with E-state index in [0.717, 1.165) is 18.8 Å². The minimum atomic E-state index is -0.316. The maximum Gasteiger partial charge on any atom is 0.343 e. The second-order valence-electron chi connectivity index (χ2n) is 4.95. The second-order valence-corrected chi connectivity index (χ2v) is 4.95. The Kier molecular flexibility index (Phi) is 3.68. The van der Waals surface area contributed by atoms with Crippen molar-refractivity contribution in [2.75, 3.05) is 18.0 Å². The molecule has 3 heteroatoms. The molecule has 0 amide bonds. The van der Waals surface area contributed by atoms with E-state index in [2.05, 4.69) is 11.0 Å². The van der Waals surface area contributed by atoms with Gasteiger partial charge in [0.05, 0.1) is 5.56 Å². The van der Waals surface area contributed by atoms with Crippen LogP contribution in [0.3, 0.4) is 0 Å². The molecule has 0 N–H and O–H groups in total. The van der Waals surface area contributed by atoms with Crippen LogP contribution in [0.15, 0.2) is 54.6 Å². The van der Waals surface area contributed by atoms with Gasteiger partial charge < -0.3 is 9.64 Å². The fourth-order valence-electron chi connectivity index (χ4n) is 2.46. The van der Waals surface area contributed by atoms with Gasteiger partial charge in [0.25, 0.3) is 0 Å². The maximum absolute atomic E-state index is 12.0. The van der Waals surface area contributed by atoms with Gasteiger partial charge in [-0.1, -0.05) is 24.3 Å². The lowest BCUT2D eigenvalue weighted by atomic mass is 10.2. The molecule has 0 aromatic heterocycles. The molecule has 3 rings (SSSR count). The van der Waals surface area contributed by atoms with Crippen LogP contribution in [-0.2, 0) is 0 Å². The number of benzene rings is 2. The number of carbonyl (C=O) groups excluding carboxylic acids is 1. The first-order chi connectivity index (χ1) is 9.83. The number of rotatable bonds is 3. The highest BCUT2D eigenvalue weighted by Gasteiger charge is 2.14. The Bertz CT molecular complexity index is 589. The summed E-state index contributed by atoms with van der Waals surface area (Å²) >= 11 is 0. The molecule has 20 heavy (non-hydrogen) atoms. The van der Waals surface area contributed by atoms with E-state index in [-0.39, 0.29) is 5.97 Å². The summed E-state index contributed by atoms with van der Waals surface area (Å²) in [6.45, 7) is 2.16. The first-order valence-electron chi connectivity index (χ1n) is 6.95. The van der Waals surface area contributed by atoms with E-state index in [1.165, 1.54) is 12.8 Å². The van der Waals surface area contributed by atoms with Crippen molar-refractivity contribution in [2.24, 2.45) is 0 Å². The van der Waals surface area contributed by atoms with Gasteiger partial charge in [0.2, 0.25) is 0 Å². The molecule has 3 nitrogen and oxygen atoms in total. The monoisotopic (exact) mass is 267 g/mol. The van der Waals surface area contributed by atoms with Gasteiger partial charge in [-0.15, -0.1) is 0 Å². The molecular formula is C17H17NO2. The fraction of sp³-hybridized carbons (Fsp3) is 0.235. The number of carbonyl (C=O) groups is 1. The van der Waals surface area contributed by atoms with Crippen molar-refractivity contribution in [3.63, 3.8) is 0 Å². The number of esters is 1. The van der Waals surface area contributed by atoms with Crippen LogP contribution in [0.2, 0.25) is 0 Å². The van der Waals surface area contributed by atoms with Crippen LogP contribution in [-0.4, -0.2) is 19.1 Å². The molecule has 2 aromatic carbocycles. The van der Waals surface area contributed by atoms with Crippen molar-refractivity contribution in [1.29, 1.82) is 0 Å². The topological polar surface area (TPSA) is 29.5 Å². The van der Waals surface area contributed by atoms with Gasteiger partial charge >= 0.3 is 5.97 Å². The zero-order chi connectivity index (χ0) is 13.8. The highest BCUT2D eigenvalue weighted by atomic mass is 16.5. The number of anilines is 1. The molecule has 0 unspecified atom stereocenters. The van der Waals surface area contributed by atoms with Gasteiger partial charge in [0, 0.05) is 24.8 Å². The normalized spacial score (nSPS) is 14.3. The molecule has 102 valence electrons. The number of hydrogen-bond donors (Lipinski definition) is 0. The lowest BCUT2D eigenvalue weighted by Gasteiger charge is -2.18. The average Bonchev–Trinajstić information content (AvgIpc) is 3.03. The van der Waals surface area contributed by atoms with Crippen molar-refractivity contribution in [3.05, 3.63) is 60.2 Å². The van der Waals surface area contributed by atoms with Crippen molar-refractivity contribution in [1.82, 2.24) is 0 Å². The third kappa shape index (κ3) is 2.82. The van der Waals surface area contributed by atoms with Crippen LogP contribution in [0.1, 0.15) is 23.2 Å². The van der Waals surface area contributed by atoms with E-state index in [0.29, 0.717) is 11.3 Å². The molecular weight excluding hydrogens is 250 g/mol. The predicted molar refractivity (Wildman–Crippen MR) is 79.3 cm³/mol. The highest BCUT2D eigenvalue weighted by molar-refractivity contribution is 5.91. The molecule has 0 bridgehead atoms. The number of hydrogen-bond acceptors (Lipinski definition) is 3. The summed E-state index contributed by atoms with van der Waals surface area (Å²) in [6.07, 6.45) is 2.46. The third-order valence-electron chi connectivity index (χ3n) is 3.51. The van der Waals surface area contributed by atoms with Crippen LogP contribution >= 0.6 is 0 Å². The molecule has 0 spiro atoms. The summed E-state index contributed by atoms with van der Waals surface area (Å²) in [6, 6.07) is 16.8. The Labute approximate surface area is 118 Å². The quantitative estimate of drug-likeness (QED) is 0.629.